The average Bonchev–Trinajstić information content (AvgIpc) is 2.53. The Bertz CT molecular complexity index is 351. The van der Waals surface area contributed by atoms with Crippen LogP contribution in [0.1, 0.15) is 77.6 Å². The molecule has 0 saturated heterocycles. The molecule has 2 rings (SSSR count). The molecule has 0 amide bonds. The predicted molar refractivity (Wildman–Crippen MR) is 96.0 cm³/mol. The number of thioether (sulfide) groups is 1. The minimum absolute atomic E-state index is 0.869. The van der Waals surface area contributed by atoms with Crippen LogP contribution < -0.4 is 0 Å². The zero-order chi connectivity index (χ0) is 14.8. The summed E-state index contributed by atoms with van der Waals surface area (Å²) in [5, 5.41) is 0.869. The van der Waals surface area contributed by atoms with Crippen molar-refractivity contribution in [3.8, 4) is 0 Å². The number of hydrogen-bond donors (Lipinski definition) is 0. The fourth-order valence-electron chi connectivity index (χ4n) is 3.44. The molecule has 0 atom stereocenters. The lowest BCUT2D eigenvalue weighted by Crippen LogP contribution is -2.16. The summed E-state index contributed by atoms with van der Waals surface area (Å²) in [6, 6.07) is 10.9. The van der Waals surface area contributed by atoms with Gasteiger partial charge in [-0.25, -0.2) is 0 Å². The van der Waals surface area contributed by atoms with Gasteiger partial charge in [-0.15, -0.1) is 11.8 Å². The molecule has 1 fully saturated rings. The van der Waals surface area contributed by atoms with E-state index in [1.54, 1.807) is 0 Å². The summed E-state index contributed by atoms with van der Waals surface area (Å²) in [4.78, 5) is 1.46. The van der Waals surface area contributed by atoms with Gasteiger partial charge in [0.25, 0.3) is 0 Å². The van der Waals surface area contributed by atoms with Crippen LogP contribution in [0.25, 0.3) is 0 Å². The first-order valence-electron chi connectivity index (χ1n) is 9.10. The molecule has 1 aromatic rings. The largest absolute Gasteiger partial charge is 0.123 e. The van der Waals surface area contributed by atoms with Crippen molar-refractivity contribution < 1.29 is 0 Å². The second kappa shape index (κ2) is 10.3. The molecule has 0 spiro atoms. The van der Waals surface area contributed by atoms with Gasteiger partial charge >= 0.3 is 0 Å². The highest BCUT2D eigenvalue weighted by atomic mass is 32.2. The summed E-state index contributed by atoms with van der Waals surface area (Å²) in [6.07, 6.45) is 16.0. The van der Waals surface area contributed by atoms with E-state index in [9.17, 15) is 0 Å². The first-order chi connectivity index (χ1) is 10.4. The van der Waals surface area contributed by atoms with Crippen LogP contribution in [0, 0.1) is 5.92 Å². The Labute approximate surface area is 136 Å². The van der Waals surface area contributed by atoms with Gasteiger partial charge in [-0.3, -0.25) is 0 Å². The molecule has 0 radical (unpaired) electrons. The first kappa shape index (κ1) is 16.9. The fraction of sp³-hybridized carbons (Fsp3) is 0.700. The van der Waals surface area contributed by atoms with Crippen molar-refractivity contribution in [2.24, 2.45) is 5.92 Å². The highest BCUT2D eigenvalue weighted by molar-refractivity contribution is 8.00. The highest BCUT2D eigenvalue weighted by Crippen LogP contribution is 2.37. The Morgan fingerprint density at radius 2 is 1.52 bits per heavy atom. The minimum Gasteiger partial charge on any atom is -0.123 e. The molecule has 0 aliphatic heterocycles. The minimum atomic E-state index is 0.869. The lowest BCUT2D eigenvalue weighted by molar-refractivity contribution is 0.333. The molecule has 0 nitrogen and oxygen atoms in total. The van der Waals surface area contributed by atoms with Crippen LogP contribution in [0.5, 0.6) is 0 Å². The maximum absolute atomic E-state index is 2.30. The van der Waals surface area contributed by atoms with Crippen molar-refractivity contribution in [3.05, 3.63) is 30.3 Å². The van der Waals surface area contributed by atoms with Crippen LogP contribution in [0.15, 0.2) is 35.2 Å². The molecule has 0 heterocycles. The molecule has 1 aliphatic carbocycles. The second-order valence-corrected chi connectivity index (χ2v) is 8.00. The molecule has 0 N–H and O–H groups in total. The van der Waals surface area contributed by atoms with Crippen molar-refractivity contribution in [2.45, 2.75) is 87.7 Å². The third-order valence-corrected chi connectivity index (χ3v) is 6.15. The van der Waals surface area contributed by atoms with Crippen LogP contribution in [0.2, 0.25) is 0 Å². The van der Waals surface area contributed by atoms with Crippen LogP contribution in [-0.4, -0.2) is 5.25 Å². The van der Waals surface area contributed by atoms with Gasteiger partial charge in [-0.05, 0) is 43.7 Å². The molecule has 0 aromatic heterocycles. The molecule has 1 saturated carbocycles. The number of benzene rings is 1. The van der Waals surface area contributed by atoms with E-state index in [2.05, 4.69) is 49.0 Å². The highest BCUT2D eigenvalue weighted by Gasteiger charge is 2.21. The van der Waals surface area contributed by atoms with Crippen molar-refractivity contribution in [3.63, 3.8) is 0 Å². The van der Waals surface area contributed by atoms with E-state index in [0.29, 0.717) is 0 Å². The van der Waals surface area contributed by atoms with E-state index >= 15 is 0 Å². The van der Waals surface area contributed by atoms with Crippen LogP contribution in [-0.2, 0) is 0 Å². The Balaban J connectivity index is 1.54. The van der Waals surface area contributed by atoms with Crippen LogP contribution in [0.4, 0.5) is 0 Å². The lowest BCUT2D eigenvalue weighted by Gasteiger charge is -2.28. The molecular formula is C20H32S. The van der Waals surface area contributed by atoms with Gasteiger partial charge in [-0.1, -0.05) is 70.1 Å². The monoisotopic (exact) mass is 304 g/mol. The van der Waals surface area contributed by atoms with Gasteiger partial charge in [0, 0.05) is 10.1 Å². The summed E-state index contributed by atoms with van der Waals surface area (Å²) in [5.41, 5.74) is 0. The normalized spacial score (nSPS) is 22.3. The lowest BCUT2D eigenvalue weighted by atomic mass is 9.85. The molecule has 1 aliphatic rings. The van der Waals surface area contributed by atoms with Crippen LogP contribution >= 0.6 is 11.8 Å². The zero-order valence-corrected chi connectivity index (χ0v) is 14.5. The van der Waals surface area contributed by atoms with E-state index < -0.39 is 0 Å². The van der Waals surface area contributed by atoms with Crippen molar-refractivity contribution in [2.75, 3.05) is 0 Å². The Morgan fingerprint density at radius 1 is 0.857 bits per heavy atom. The summed E-state index contributed by atoms with van der Waals surface area (Å²) in [5.74, 6) is 1.03. The number of rotatable bonds is 9. The first-order valence-corrected chi connectivity index (χ1v) is 9.98. The molecule has 21 heavy (non-hydrogen) atoms. The van der Waals surface area contributed by atoms with Gasteiger partial charge in [0.15, 0.2) is 0 Å². The number of unbranched alkanes of at least 4 members (excludes halogenated alkanes) is 5. The van der Waals surface area contributed by atoms with Crippen molar-refractivity contribution in [1.29, 1.82) is 0 Å². The van der Waals surface area contributed by atoms with Gasteiger partial charge in [0.1, 0.15) is 0 Å². The Kier molecular flexibility index (Phi) is 8.32. The summed E-state index contributed by atoms with van der Waals surface area (Å²) >= 11 is 2.10. The quantitative estimate of drug-likeness (QED) is 0.439. The topological polar surface area (TPSA) is 0 Å². The van der Waals surface area contributed by atoms with Crippen molar-refractivity contribution >= 4 is 11.8 Å². The van der Waals surface area contributed by atoms with E-state index in [0.717, 1.165) is 11.2 Å². The second-order valence-electron chi connectivity index (χ2n) is 6.63. The van der Waals surface area contributed by atoms with E-state index in [1.165, 1.54) is 75.5 Å². The molecule has 0 unspecified atom stereocenters. The molecule has 118 valence electrons. The molecular weight excluding hydrogens is 272 g/mol. The third-order valence-electron chi connectivity index (χ3n) is 4.81. The molecule has 1 aromatic carbocycles. The van der Waals surface area contributed by atoms with Crippen LogP contribution in [0.3, 0.4) is 0 Å². The summed E-state index contributed by atoms with van der Waals surface area (Å²) in [7, 11) is 0. The van der Waals surface area contributed by atoms with Gasteiger partial charge in [0.2, 0.25) is 0 Å². The standard InChI is InChI=1S/C20H32S/c1-2-3-4-5-6-8-11-18-14-16-20(17-15-18)21-19-12-9-7-10-13-19/h7,9-10,12-13,18,20H,2-6,8,11,14-17H2,1H3. The maximum Gasteiger partial charge on any atom is 0.00946 e. The SMILES string of the molecule is CCCCCCCCC1CCC(Sc2ccccc2)CC1. The maximum atomic E-state index is 2.30. The predicted octanol–water partition coefficient (Wildman–Crippen LogP) is 7.09. The summed E-state index contributed by atoms with van der Waals surface area (Å²) < 4.78 is 0. The van der Waals surface area contributed by atoms with E-state index in [-0.39, 0.29) is 0 Å². The van der Waals surface area contributed by atoms with E-state index in [1.807, 2.05) is 0 Å². The Hall–Kier alpha value is -0.430. The van der Waals surface area contributed by atoms with E-state index in [4.69, 9.17) is 0 Å². The summed E-state index contributed by atoms with van der Waals surface area (Å²) in [6.45, 7) is 2.30. The van der Waals surface area contributed by atoms with Crippen molar-refractivity contribution in [1.82, 2.24) is 0 Å². The Morgan fingerprint density at radius 3 is 2.24 bits per heavy atom. The van der Waals surface area contributed by atoms with Gasteiger partial charge in [0.05, 0.1) is 0 Å². The van der Waals surface area contributed by atoms with Gasteiger partial charge in [-0.2, -0.15) is 0 Å². The smallest absolute Gasteiger partial charge is 0.00946 e. The molecule has 1 heteroatoms. The zero-order valence-electron chi connectivity index (χ0n) is 13.7. The average molecular weight is 305 g/mol. The fourth-order valence-corrected chi connectivity index (χ4v) is 4.65. The molecule has 0 bridgehead atoms. The third kappa shape index (κ3) is 6.91. The number of hydrogen-bond acceptors (Lipinski definition) is 1. The van der Waals surface area contributed by atoms with Gasteiger partial charge < -0.3 is 0 Å².